The minimum Gasteiger partial charge on any atom is -0.317 e. The molecule has 0 spiro atoms. The highest BCUT2D eigenvalue weighted by Crippen LogP contribution is 2.13. The summed E-state index contributed by atoms with van der Waals surface area (Å²) in [6, 6.07) is 4.01. The quantitative estimate of drug-likeness (QED) is 0.818. The van der Waals surface area contributed by atoms with Crippen molar-refractivity contribution < 1.29 is 0 Å². The predicted molar refractivity (Wildman–Crippen MR) is 80.8 cm³/mol. The van der Waals surface area contributed by atoms with Gasteiger partial charge in [0.1, 0.15) is 5.82 Å². The van der Waals surface area contributed by atoms with Gasteiger partial charge in [0.15, 0.2) is 0 Å². The molecular weight excluding hydrogens is 248 g/mol. The van der Waals surface area contributed by atoms with Gasteiger partial charge in [-0.3, -0.25) is 4.98 Å². The Morgan fingerprint density at radius 3 is 2.30 bits per heavy atom. The van der Waals surface area contributed by atoms with Crippen LogP contribution in [0.2, 0.25) is 0 Å². The molecule has 2 aromatic rings. The van der Waals surface area contributed by atoms with Crippen LogP contribution in [0, 0.1) is 13.8 Å². The van der Waals surface area contributed by atoms with Crippen molar-refractivity contribution in [3.8, 4) is 0 Å². The minimum atomic E-state index is 0.762. The molecule has 2 heterocycles. The fraction of sp³-hybridized carbons (Fsp3) is 0.438. The second kappa shape index (κ2) is 7.10. The van der Waals surface area contributed by atoms with Gasteiger partial charge in [0, 0.05) is 30.2 Å². The number of aryl methyl sites for hydroxylation is 2. The molecule has 0 amide bonds. The largest absolute Gasteiger partial charge is 0.317 e. The molecule has 0 aliphatic rings. The Bertz CT molecular complexity index is 529. The maximum Gasteiger partial charge on any atom is 0.133 e. The zero-order valence-corrected chi connectivity index (χ0v) is 12.5. The first kappa shape index (κ1) is 14.6. The zero-order valence-electron chi connectivity index (χ0n) is 12.5. The summed E-state index contributed by atoms with van der Waals surface area (Å²) in [5.74, 6) is 0.887. The Kier molecular flexibility index (Phi) is 5.18. The van der Waals surface area contributed by atoms with Crippen molar-refractivity contribution in [1.29, 1.82) is 0 Å². The summed E-state index contributed by atoms with van der Waals surface area (Å²) in [4.78, 5) is 13.3. The monoisotopic (exact) mass is 270 g/mol. The summed E-state index contributed by atoms with van der Waals surface area (Å²) in [5.41, 5.74) is 4.66. The number of aromatic nitrogens is 3. The third kappa shape index (κ3) is 3.84. The highest BCUT2D eigenvalue weighted by Gasteiger charge is 2.08. The van der Waals surface area contributed by atoms with Crippen molar-refractivity contribution in [2.45, 2.75) is 33.6 Å². The van der Waals surface area contributed by atoms with Gasteiger partial charge in [-0.2, -0.15) is 0 Å². The highest BCUT2D eigenvalue weighted by atomic mass is 14.9. The van der Waals surface area contributed by atoms with Gasteiger partial charge in [0.25, 0.3) is 0 Å². The molecule has 0 aliphatic heterocycles. The van der Waals surface area contributed by atoms with Gasteiger partial charge in [0.2, 0.25) is 0 Å². The molecule has 0 unspecified atom stereocenters. The maximum absolute atomic E-state index is 4.65. The summed E-state index contributed by atoms with van der Waals surface area (Å²) < 4.78 is 0. The number of nitrogens with one attached hydrogen (secondary N) is 1. The second-order valence-electron chi connectivity index (χ2n) is 4.93. The van der Waals surface area contributed by atoms with Gasteiger partial charge >= 0.3 is 0 Å². The van der Waals surface area contributed by atoms with Gasteiger partial charge in [-0.15, -0.1) is 0 Å². The molecular formula is C16H22N4. The predicted octanol–water partition coefficient (Wildman–Crippen LogP) is 2.23. The summed E-state index contributed by atoms with van der Waals surface area (Å²) >= 11 is 0. The van der Waals surface area contributed by atoms with Crippen LogP contribution in [0.3, 0.4) is 0 Å². The molecule has 1 N–H and O–H groups in total. The fourth-order valence-electron chi connectivity index (χ4n) is 2.32. The van der Waals surface area contributed by atoms with Crippen LogP contribution in [-0.4, -0.2) is 28.0 Å². The first-order valence-corrected chi connectivity index (χ1v) is 7.13. The number of nitrogens with zero attached hydrogens (tertiary/aromatic N) is 3. The molecule has 4 nitrogen and oxygen atoms in total. The number of hydrogen-bond donors (Lipinski definition) is 1. The first-order chi connectivity index (χ1) is 9.70. The van der Waals surface area contributed by atoms with Crippen molar-refractivity contribution in [2.24, 2.45) is 0 Å². The molecule has 4 heteroatoms. The fourth-order valence-corrected chi connectivity index (χ4v) is 2.32. The number of rotatable bonds is 6. The molecule has 20 heavy (non-hydrogen) atoms. The molecule has 0 radical (unpaired) electrons. The van der Waals surface area contributed by atoms with Crippen molar-refractivity contribution in [3.63, 3.8) is 0 Å². The Labute approximate surface area is 120 Å². The standard InChI is InChI=1S/C16H22N4/c1-4-17-10-7-15-12(2)19-16(20-13(15)3)11-14-5-8-18-9-6-14/h5-6,8-9,17H,4,7,10-11H2,1-3H3. The molecule has 106 valence electrons. The highest BCUT2D eigenvalue weighted by molar-refractivity contribution is 5.26. The number of hydrogen-bond acceptors (Lipinski definition) is 4. The van der Waals surface area contributed by atoms with Gasteiger partial charge in [-0.1, -0.05) is 6.92 Å². The van der Waals surface area contributed by atoms with Crippen LogP contribution in [0.25, 0.3) is 0 Å². The molecule has 0 saturated carbocycles. The zero-order chi connectivity index (χ0) is 14.4. The van der Waals surface area contributed by atoms with Crippen LogP contribution in [0.4, 0.5) is 0 Å². The van der Waals surface area contributed by atoms with Crippen LogP contribution >= 0.6 is 0 Å². The van der Waals surface area contributed by atoms with Gasteiger partial charge in [0.05, 0.1) is 0 Å². The maximum atomic E-state index is 4.65. The van der Waals surface area contributed by atoms with Crippen LogP contribution in [-0.2, 0) is 12.8 Å². The van der Waals surface area contributed by atoms with Crippen molar-refractivity contribution in [1.82, 2.24) is 20.3 Å². The lowest BCUT2D eigenvalue weighted by Crippen LogP contribution is -2.18. The Balaban J connectivity index is 2.13. The topological polar surface area (TPSA) is 50.7 Å². The summed E-state index contributed by atoms with van der Waals surface area (Å²) in [6.07, 6.45) is 5.36. The Hall–Kier alpha value is -1.81. The van der Waals surface area contributed by atoms with Gasteiger partial charge in [-0.05, 0) is 56.6 Å². The van der Waals surface area contributed by atoms with E-state index in [0.29, 0.717) is 0 Å². The van der Waals surface area contributed by atoms with E-state index in [1.165, 1.54) is 11.1 Å². The third-order valence-electron chi connectivity index (χ3n) is 3.38. The molecule has 0 atom stereocenters. The molecule has 0 saturated heterocycles. The van der Waals surface area contributed by atoms with Gasteiger partial charge < -0.3 is 5.32 Å². The van der Waals surface area contributed by atoms with E-state index in [2.05, 4.69) is 41.0 Å². The van der Waals surface area contributed by atoms with Crippen molar-refractivity contribution in [3.05, 3.63) is 52.9 Å². The molecule has 2 rings (SSSR count). The second-order valence-corrected chi connectivity index (χ2v) is 4.93. The normalized spacial score (nSPS) is 10.8. The minimum absolute atomic E-state index is 0.762. The number of pyridine rings is 1. The summed E-state index contributed by atoms with van der Waals surface area (Å²) in [6.45, 7) is 8.25. The van der Waals surface area contributed by atoms with E-state index in [-0.39, 0.29) is 0 Å². The van der Waals surface area contributed by atoms with Crippen LogP contribution in [0.5, 0.6) is 0 Å². The lowest BCUT2D eigenvalue weighted by atomic mass is 10.1. The summed E-state index contributed by atoms with van der Waals surface area (Å²) in [5, 5.41) is 3.34. The van der Waals surface area contributed by atoms with Gasteiger partial charge in [-0.25, -0.2) is 9.97 Å². The molecule has 0 aliphatic carbocycles. The SMILES string of the molecule is CCNCCc1c(C)nc(Cc2ccncc2)nc1C. The average molecular weight is 270 g/mol. The van der Waals surface area contributed by atoms with E-state index >= 15 is 0 Å². The first-order valence-electron chi connectivity index (χ1n) is 7.13. The molecule has 0 bridgehead atoms. The lowest BCUT2D eigenvalue weighted by Gasteiger charge is -2.11. The van der Waals surface area contributed by atoms with E-state index in [0.717, 1.165) is 43.1 Å². The smallest absolute Gasteiger partial charge is 0.133 e. The van der Waals surface area contributed by atoms with E-state index in [1.807, 2.05) is 12.1 Å². The lowest BCUT2D eigenvalue weighted by molar-refractivity contribution is 0.705. The van der Waals surface area contributed by atoms with Crippen molar-refractivity contribution >= 4 is 0 Å². The van der Waals surface area contributed by atoms with Crippen LogP contribution in [0.1, 0.15) is 35.3 Å². The van der Waals surface area contributed by atoms with Crippen LogP contribution < -0.4 is 5.32 Å². The average Bonchev–Trinajstić information content (AvgIpc) is 2.43. The van der Waals surface area contributed by atoms with Crippen LogP contribution in [0.15, 0.2) is 24.5 Å². The molecule has 2 aromatic heterocycles. The summed E-state index contributed by atoms with van der Waals surface area (Å²) in [7, 11) is 0. The Morgan fingerprint density at radius 1 is 1.05 bits per heavy atom. The van der Waals surface area contributed by atoms with Crippen molar-refractivity contribution in [2.75, 3.05) is 13.1 Å². The van der Waals surface area contributed by atoms with E-state index < -0.39 is 0 Å². The third-order valence-corrected chi connectivity index (χ3v) is 3.38. The van der Waals surface area contributed by atoms with E-state index in [4.69, 9.17) is 0 Å². The number of likely N-dealkylation sites (N-methyl/N-ethyl adjacent to an activating group) is 1. The van der Waals surface area contributed by atoms with E-state index in [1.54, 1.807) is 12.4 Å². The molecule has 0 fully saturated rings. The van der Waals surface area contributed by atoms with E-state index in [9.17, 15) is 0 Å². The molecule has 0 aromatic carbocycles. The Morgan fingerprint density at radius 2 is 1.70 bits per heavy atom.